The monoisotopic (exact) mass is 248 g/mol. The molecule has 1 amide bonds. The second-order valence-corrected chi connectivity index (χ2v) is 4.50. The Hall–Kier alpha value is -0.320. The highest BCUT2D eigenvalue weighted by molar-refractivity contribution is 5.85. The summed E-state index contributed by atoms with van der Waals surface area (Å²) in [5, 5.41) is 3.17. The summed E-state index contributed by atoms with van der Waals surface area (Å²) in [5.74, 6) is 0.839. The van der Waals surface area contributed by atoms with Crippen LogP contribution in [-0.2, 0) is 9.53 Å². The molecule has 0 bridgehead atoms. The Labute approximate surface area is 103 Å². The summed E-state index contributed by atoms with van der Waals surface area (Å²) in [4.78, 5) is 13.9. The third kappa shape index (κ3) is 3.09. The smallest absolute Gasteiger partial charge is 0.251 e. The lowest BCUT2D eigenvalue weighted by atomic mass is 10.1. The molecule has 2 aliphatic rings. The maximum atomic E-state index is 12.0. The summed E-state index contributed by atoms with van der Waals surface area (Å²) in [6.07, 6.45) is 2.92. The van der Waals surface area contributed by atoms with Crippen molar-refractivity contribution in [1.82, 2.24) is 10.2 Å². The maximum Gasteiger partial charge on any atom is 0.251 e. The van der Waals surface area contributed by atoms with Crippen LogP contribution >= 0.6 is 12.4 Å². The van der Waals surface area contributed by atoms with Crippen molar-refractivity contribution >= 4 is 18.3 Å². The van der Waals surface area contributed by atoms with Gasteiger partial charge < -0.3 is 15.0 Å². The van der Waals surface area contributed by atoms with Crippen LogP contribution in [0, 0.1) is 5.92 Å². The van der Waals surface area contributed by atoms with E-state index in [9.17, 15) is 4.79 Å². The SMILES string of the molecule is CNCC1CCN(C(=O)C2CCCO2)C1.Cl. The molecule has 2 rings (SSSR count). The van der Waals surface area contributed by atoms with Gasteiger partial charge in [-0.3, -0.25) is 4.79 Å². The quantitative estimate of drug-likeness (QED) is 0.798. The van der Waals surface area contributed by atoms with Gasteiger partial charge in [-0.2, -0.15) is 0 Å². The largest absolute Gasteiger partial charge is 0.368 e. The van der Waals surface area contributed by atoms with Gasteiger partial charge in [-0.05, 0) is 38.8 Å². The van der Waals surface area contributed by atoms with Crippen molar-refractivity contribution < 1.29 is 9.53 Å². The highest BCUT2D eigenvalue weighted by Gasteiger charge is 2.32. The zero-order valence-corrected chi connectivity index (χ0v) is 10.6. The number of hydrogen-bond donors (Lipinski definition) is 1. The molecule has 4 nitrogen and oxygen atoms in total. The lowest BCUT2D eigenvalue weighted by molar-refractivity contribution is -0.139. The molecule has 0 aliphatic carbocycles. The number of carbonyl (C=O) groups excluding carboxylic acids is 1. The Morgan fingerprint density at radius 2 is 2.31 bits per heavy atom. The van der Waals surface area contributed by atoms with Gasteiger partial charge in [-0.1, -0.05) is 0 Å². The fraction of sp³-hybridized carbons (Fsp3) is 0.909. The van der Waals surface area contributed by atoms with Gasteiger partial charge in [0.05, 0.1) is 0 Å². The number of carbonyl (C=O) groups is 1. The molecule has 1 N–H and O–H groups in total. The summed E-state index contributed by atoms with van der Waals surface area (Å²) in [6, 6.07) is 0. The Bertz CT molecular complexity index is 232. The predicted octanol–water partition coefficient (Wildman–Crippen LogP) is 0.655. The molecule has 2 atom stereocenters. The molecule has 2 unspecified atom stereocenters. The molecule has 0 saturated carbocycles. The first-order chi connectivity index (χ1) is 7.31. The summed E-state index contributed by atoms with van der Waals surface area (Å²) in [7, 11) is 1.96. The van der Waals surface area contributed by atoms with Crippen LogP contribution in [0.25, 0.3) is 0 Å². The third-order valence-electron chi connectivity index (χ3n) is 3.30. The van der Waals surface area contributed by atoms with Crippen LogP contribution in [0.5, 0.6) is 0 Å². The molecule has 0 spiro atoms. The zero-order chi connectivity index (χ0) is 10.7. The van der Waals surface area contributed by atoms with Crippen molar-refractivity contribution in [2.45, 2.75) is 25.4 Å². The maximum absolute atomic E-state index is 12.0. The van der Waals surface area contributed by atoms with E-state index < -0.39 is 0 Å². The Morgan fingerprint density at radius 1 is 1.50 bits per heavy atom. The van der Waals surface area contributed by atoms with Crippen molar-refractivity contribution in [3.05, 3.63) is 0 Å². The number of likely N-dealkylation sites (tertiary alicyclic amines) is 1. The van der Waals surface area contributed by atoms with E-state index in [4.69, 9.17) is 4.74 Å². The number of amides is 1. The molecule has 0 aromatic rings. The molecule has 5 heteroatoms. The molecule has 2 fully saturated rings. The van der Waals surface area contributed by atoms with E-state index in [0.717, 1.165) is 45.5 Å². The van der Waals surface area contributed by atoms with Gasteiger partial charge in [0.15, 0.2) is 0 Å². The van der Waals surface area contributed by atoms with E-state index >= 15 is 0 Å². The highest BCUT2D eigenvalue weighted by Crippen LogP contribution is 2.20. The van der Waals surface area contributed by atoms with Gasteiger partial charge in [0.25, 0.3) is 5.91 Å². The summed E-state index contributed by atoms with van der Waals surface area (Å²) in [6.45, 7) is 3.57. The van der Waals surface area contributed by atoms with Crippen LogP contribution in [0.1, 0.15) is 19.3 Å². The van der Waals surface area contributed by atoms with Gasteiger partial charge in [-0.25, -0.2) is 0 Å². The molecule has 2 heterocycles. The first-order valence-corrected chi connectivity index (χ1v) is 5.86. The first kappa shape index (κ1) is 13.7. The molecular weight excluding hydrogens is 228 g/mol. The Kier molecular flexibility index (Phi) is 5.52. The number of halogens is 1. The first-order valence-electron chi connectivity index (χ1n) is 5.86. The minimum Gasteiger partial charge on any atom is -0.368 e. The van der Waals surface area contributed by atoms with Crippen LogP contribution in [0.15, 0.2) is 0 Å². The van der Waals surface area contributed by atoms with Crippen molar-refractivity contribution in [3.63, 3.8) is 0 Å². The van der Waals surface area contributed by atoms with Crippen LogP contribution in [0.3, 0.4) is 0 Å². The Balaban J connectivity index is 0.00000128. The molecule has 0 aromatic carbocycles. The van der Waals surface area contributed by atoms with E-state index in [1.807, 2.05) is 11.9 Å². The number of nitrogens with one attached hydrogen (secondary N) is 1. The summed E-state index contributed by atoms with van der Waals surface area (Å²) in [5.41, 5.74) is 0. The number of hydrogen-bond acceptors (Lipinski definition) is 3. The zero-order valence-electron chi connectivity index (χ0n) is 9.78. The van der Waals surface area contributed by atoms with Crippen LogP contribution in [0.4, 0.5) is 0 Å². The molecule has 16 heavy (non-hydrogen) atoms. The van der Waals surface area contributed by atoms with Gasteiger partial charge in [0, 0.05) is 19.7 Å². The van der Waals surface area contributed by atoms with Gasteiger partial charge in [0.2, 0.25) is 0 Å². The van der Waals surface area contributed by atoms with Crippen molar-refractivity contribution in [3.8, 4) is 0 Å². The molecule has 0 aromatic heterocycles. The Morgan fingerprint density at radius 3 is 2.94 bits per heavy atom. The second kappa shape index (κ2) is 6.42. The average molecular weight is 249 g/mol. The predicted molar refractivity (Wildman–Crippen MR) is 64.8 cm³/mol. The number of nitrogens with zero attached hydrogens (tertiary/aromatic N) is 1. The van der Waals surface area contributed by atoms with Gasteiger partial charge in [0.1, 0.15) is 6.10 Å². The standard InChI is InChI=1S/C11H20N2O2.ClH/c1-12-7-9-4-5-13(8-9)11(14)10-3-2-6-15-10;/h9-10,12H,2-8H2,1H3;1H. The number of rotatable bonds is 3. The molecule has 94 valence electrons. The summed E-state index contributed by atoms with van der Waals surface area (Å²) < 4.78 is 5.42. The minimum absolute atomic E-state index is 0. The van der Waals surface area contributed by atoms with E-state index in [2.05, 4.69) is 5.32 Å². The molecule has 0 radical (unpaired) electrons. The van der Waals surface area contributed by atoms with Crippen LogP contribution in [-0.4, -0.2) is 50.2 Å². The van der Waals surface area contributed by atoms with E-state index in [-0.39, 0.29) is 24.4 Å². The van der Waals surface area contributed by atoms with E-state index in [0.29, 0.717) is 5.92 Å². The number of ether oxygens (including phenoxy) is 1. The highest BCUT2D eigenvalue weighted by atomic mass is 35.5. The van der Waals surface area contributed by atoms with Crippen molar-refractivity contribution in [2.24, 2.45) is 5.92 Å². The topological polar surface area (TPSA) is 41.6 Å². The van der Waals surface area contributed by atoms with Gasteiger partial charge >= 0.3 is 0 Å². The van der Waals surface area contributed by atoms with Gasteiger partial charge in [-0.15, -0.1) is 12.4 Å². The van der Waals surface area contributed by atoms with Crippen LogP contribution in [0.2, 0.25) is 0 Å². The van der Waals surface area contributed by atoms with E-state index in [1.165, 1.54) is 0 Å². The van der Waals surface area contributed by atoms with Crippen molar-refractivity contribution in [2.75, 3.05) is 33.3 Å². The lowest BCUT2D eigenvalue weighted by Gasteiger charge is -2.20. The molecule has 2 aliphatic heterocycles. The second-order valence-electron chi connectivity index (χ2n) is 4.50. The normalized spacial score (nSPS) is 29.2. The van der Waals surface area contributed by atoms with E-state index in [1.54, 1.807) is 0 Å². The average Bonchev–Trinajstić information content (AvgIpc) is 2.87. The molecule has 2 saturated heterocycles. The minimum atomic E-state index is -0.140. The van der Waals surface area contributed by atoms with Crippen molar-refractivity contribution in [1.29, 1.82) is 0 Å². The fourth-order valence-electron chi connectivity index (χ4n) is 2.46. The third-order valence-corrected chi connectivity index (χ3v) is 3.30. The fourth-order valence-corrected chi connectivity index (χ4v) is 2.46. The van der Waals surface area contributed by atoms with Crippen LogP contribution < -0.4 is 5.32 Å². The summed E-state index contributed by atoms with van der Waals surface area (Å²) >= 11 is 0. The lowest BCUT2D eigenvalue weighted by Crippen LogP contribution is -2.37. The molecular formula is C11H21ClN2O2.